The first-order chi connectivity index (χ1) is 19.4. The van der Waals surface area contributed by atoms with Crippen molar-refractivity contribution in [3.05, 3.63) is 95.9 Å². The van der Waals surface area contributed by atoms with Gasteiger partial charge in [-0.2, -0.15) is 0 Å². The van der Waals surface area contributed by atoms with Gasteiger partial charge < -0.3 is 22.3 Å². The van der Waals surface area contributed by atoms with Gasteiger partial charge in [0.25, 0.3) is 0 Å². The van der Waals surface area contributed by atoms with Crippen molar-refractivity contribution in [2.24, 2.45) is 0 Å². The molecule has 0 nitrogen and oxygen atoms in total. The molecule has 0 aromatic carbocycles. The first kappa shape index (κ1) is 84.3. The predicted octanol–water partition coefficient (Wildman–Crippen LogP) is 10.8. The van der Waals surface area contributed by atoms with Crippen LogP contribution in [0.25, 0.3) is 0 Å². The van der Waals surface area contributed by atoms with Crippen molar-refractivity contribution in [2.75, 3.05) is 0 Å². The summed E-state index contributed by atoms with van der Waals surface area (Å²) in [7, 11) is -4.95. The van der Waals surface area contributed by atoms with E-state index in [9.17, 15) is 0 Å². The summed E-state index contributed by atoms with van der Waals surface area (Å²) in [6.45, 7) is 59.6. The Balaban J connectivity index is -0.0000000339. The van der Waals surface area contributed by atoms with E-state index in [1.54, 1.807) is 0 Å². The zero-order chi connectivity index (χ0) is 36.9. The Bertz CT molecular complexity index is 692. The molecular weight excluding hydrogens is 723 g/mol. The third kappa shape index (κ3) is 154. The molecule has 0 radical (unpaired) electrons. The first-order valence-electron chi connectivity index (χ1n) is 17.3. The van der Waals surface area contributed by atoms with Gasteiger partial charge in [0.2, 0.25) is 0 Å². The van der Waals surface area contributed by atoms with Crippen LogP contribution >= 0.6 is 0 Å². The summed E-state index contributed by atoms with van der Waals surface area (Å²) in [6, 6.07) is 2.72. The monoisotopic (exact) mass is 820 g/mol. The van der Waals surface area contributed by atoms with Gasteiger partial charge in [0.1, 0.15) is 0 Å². The number of hydrogen-bond acceptors (Lipinski definition) is 0. The van der Waals surface area contributed by atoms with E-state index in [0.29, 0.717) is 0 Å². The van der Waals surface area contributed by atoms with E-state index in [4.69, 9.17) is 0 Å². The summed E-state index contributed by atoms with van der Waals surface area (Å²) < 4.78 is 0. The molecule has 50 heavy (non-hydrogen) atoms. The minimum atomic E-state index is -0.900. The Kier molecular flexibility index (Phi) is 78.9. The number of allylic oxidation sites excluding steroid dienone is 5. The van der Waals surface area contributed by atoms with Crippen molar-refractivity contribution in [2.45, 2.75) is 170 Å². The third-order valence-corrected chi connectivity index (χ3v) is 13.2. The summed E-state index contributed by atoms with van der Waals surface area (Å²) in [5.41, 5.74) is 9.19. The van der Waals surface area contributed by atoms with Crippen LogP contribution in [-0.4, -0.2) is 48.4 Å². The average molecular weight is 820 g/mol. The number of hydrogen-bond donors (Lipinski definition) is 0. The molecule has 0 aromatic rings. The normalized spacial score (nSPS) is 11.1. The van der Waals surface area contributed by atoms with Crippen molar-refractivity contribution in [3.63, 3.8) is 0 Å². The molecule has 0 aliphatic rings. The maximum absolute atomic E-state index is 3.68. The zero-order valence-corrected chi connectivity index (χ0v) is 47.9. The van der Waals surface area contributed by atoms with Gasteiger partial charge in [0.05, 0.1) is 16.1 Å². The van der Waals surface area contributed by atoms with Gasteiger partial charge in [-0.25, -0.2) is 37.4 Å². The SMILES string of the molecule is C=CC[Si](C)(C)C.CCC=C[Si](C)(C)C.CCC=C[Si](C)(C)C.CCC[Si](C)(C)C.[CH2-]/C=C/[Si](C)(C)C.[CH2-]C=C[Si](C)(C)C.[CH3-].[CH3-].[CH3-].[Li+].[Li+].[Ti+4]. The van der Waals surface area contributed by atoms with Gasteiger partial charge in [-0.05, 0) is 35.0 Å². The van der Waals surface area contributed by atoms with Crippen LogP contribution in [0, 0.1) is 36.1 Å². The Morgan fingerprint density at radius 1 is 0.460 bits per heavy atom. The van der Waals surface area contributed by atoms with E-state index < -0.39 is 48.4 Å². The van der Waals surface area contributed by atoms with Crippen LogP contribution in [-0.2, 0) is 21.7 Å². The average Bonchev–Trinajstić information content (AvgIpc) is 2.74. The molecule has 9 heteroatoms. The summed E-state index contributed by atoms with van der Waals surface area (Å²) in [5, 5.41) is 0. The fraction of sp³-hybridized carbons (Fsp3) is 0.634. The van der Waals surface area contributed by atoms with Crippen molar-refractivity contribution in [1.82, 2.24) is 0 Å². The van der Waals surface area contributed by atoms with Gasteiger partial charge in [0.15, 0.2) is 0 Å². The quantitative estimate of drug-likeness (QED) is 0.117. The topological polar surface area (TPSA) is 0 Å². The molecule has 0 rings (SSSR count). The minimum absolute atomic E-state index is 0. The minimum Gasteiger partial charge on any atom is -0.358 e. The Morgan fingerprint density at radius 3 is 0.720 bits per heavy atom. The molecule has 0 aromatic heterocycles. The van der Waals surface area contributed by atoms with Gasteiger partial charge in [0, 0.05) is 16.1 Å². The molecule has 0 saturated heterocycles. The second-order valence-corrected chi connectivity index (χ2v) is 49.7. The van der Waals surface area contributed by atoms with Crippen LogP contribution < -0.4 is 37.7 Å². The number of rotatable bonds is 10. The van der Waals surface area contributed by atoms with Crippen LogP contribution in [0.5, 0.6) is 0 Å². The predicted molar refractivity (Wildman–Crippen MR) is 257 cm³/mol. The van der Waals surface area contributed by atoms with Gasteiger partial charge in [-0.1, -0.05) is 181 Å². The molecule has 0 N–H and O–H groups in total. The summed E-state index contributed by atoms with van der Waals surface area (Å²) >= 11 is 0. The van der Waals surface area contributed by atoms with E-state index in [2.05, 4.69) is 194 Å². The maximum atomic E-state index is 3.68. The third-order valence-electron chi connectivity index (χ3n) is 4.70. The fourth-order valence-electron chi connectivity index (χ4n) is 2.83. The molecule has 0 saturated carbocycles. The standard InChI is InChI=1S/2C7H16Si.C6H16Si.C6H14Si.2C6H13Si.3CH3.2Li.Ti/c2*1-5-6-7-8(2,3)4;4*1-5-6-7(2,3)4;;;;;;/h2*6-7H,5H2,1-4H3;5-6H2,1-4H3;5H,1,6H2,2-4H3;2*5-6H,1H2,2-4H3;3*1H3;;;/q;;;;5*-1;2*+1;+4/b;;;;6-5+;;;;;;;. The van der Waals surface area contributed by atoms with Gasteiger partial charge in [-0.15, -0.1) is 6.58 Å². The van der Waals surface area contributed by atoms with Crippen molar-refractivity contribution < 1.29 is 59.4 Å². The molecule has 0 unspecified atom stereocenters. The van der Waals surface area contributed by atoms with Crippen LogP contribution in [0.4, 0.5) is 0 Å². The molecule has 0 fully saturated rings. The molecule has 0 amide bonds. The molecule has 0 spiro atoms. The Hall–Kier alpha value is 1.65. The van der Waals surface area contributed by atoms with Gasteiger partial charge in [-0.3, -0.25) is 0 Å². The van der Waals surface area contributed by atoms with E-state index in [1.165, 1.54) is 31.4 Å². The van der Waals surface area contributed by atoms with Crippen LogP contribution in [0.1, 0.15) is 40.0 Å². The molecule has 0 atom stereocenters. The van der Waals surface area contributed by atoms with Crippen LogP contribution in [0.2, 0.25) is 130 Å². The van der Waals surface area contributed by atoms with Crippen molar-refractivity contribution >= 4 is 48.4 Å². The zero-order valence-electron chi connectivity index (χ0n) is 40.4. The fourth-order valence-corrected chi connectivity index (χ4v) is 8.50. The molecule has 0 bridgehead atoms. The molecule has 0 aliphatic carbocycles. The maximum Gasteiger partial charge on any atom is 4.00 e. The van der Waals surface area contributed by atoms with Crippen LogP contribution in [0.3, 0.4) is 0 Å². The van der Waals surface area contributed by atoms with Crippen LogP contribution in [0.15, 0.2) is 59.8 Å². The summed E-state index contributed by atoms with van der Waals surface area (Å²) in [5.74, 6) is 0. The van der Waals surface area contributed by atoms with Crippen molar-refractivity contribution in [3.8, 4) is 0 Å². The Labute approximate surface area is 370 Å². The Morgan fingerprint density at radius 2 is 0.700 bits per heavy atom. The van der Waals surface area contributed by atoms with E-state index in [-0.39, 0.29) is 81.7 Å². The summed E-state index contributed by atoms with van der Waals surface area (Å²) in [4.78, 5) is 0. The van der Waals surface area contributed by atoms with E-state index in [1.807, 2.05) is 18.2 Å². The molecule has 290 valence electrons. The molecule has 0 heterocycles. The largest absolute Gasteiger partial charge is 4.00 e. The molecular formula is C41H97Li2Si6Ti+. The van der Waals surface area contributed by atoms with E-state index in [0.717, 1.165) is 0 Å². The second kappa shape index (κ2) is 46.8. The molecule has 0 aliphatic heterocycles. The van der Waals surface area contributed by atoms with Gasteiger partial charge >= 0.3 is 59.4 Å². The summed E-state index contributed by atoms with van der Waals surface area (Å²) in [6.07, 6.45) is 14.1. The first-order valence-corrected chi connectivity index (χ1v) is 39.0. The smallest absolute Gasteiger partial charge is 0.358 e. The second-order valence-electron chi connectivity index (χ2n) is 18.3. The van der Waals surface area contributed by atoms with E-state index >= 15 is 0 Å². The van der Waals surface area contributed by atoms with Crippen molar-refractivity contribution in [1.29, 1.82) is 0 Å².